The third-order valence-electron chi connectivity index (χ3n) is 2.93. The summed E-state index contributed by atoms with van der Waals surface area (Å²) in [5.74, 6) is 0. The van der Waals surface area contributed by atoms with Crippen LogP contribution in [0.4, 0.5) is 4.39 Å². The van der Waals surface area contributed by atoms with Crippen LogP contribution in [0.3, 0.4) is 0 Å². The molecule has 4 nitrogen and oxygen atoms in total. The van der Waals surface area contributed by atoms with Gasteiger partial charge in [-0.2, -0.15) is 0 Å². The summed E-state index contributed by atoms with van der Waals surface area (Å²) < 4.78 is 29.0. The molecular weight excluding hydrogens is 239 g/mol. The molecular formula is C13H17FO4. The molecule has 0 amide bonds. The minimum atomic E-state index is -1.59. The summed E-state index contributed by atoms with van der Waals surface area (Å²) in [6, 6.07) is 9.50. The average molecular weight is 256 g/mol. The van der Waals surface area contributed by atoms with Crippen molar-refractivity contribution < 1.29 is 23.7 Å². The van der Waals surface area contributed by atoms with E-state index in [1.54, 1.807) is 0 Å². The molecule has 100 valence electrons. The smallest absolute Gasteiger partial charge is 0.191 e. The summed E-state index contributed by atoms with van der Waals surface area (Å²) >= 11 is 0. The number of aliphatic hydroxyl groups excluding tert-OH is 1. The van der Waals surface area contributed by atoms with Crippen LogP contribution in [0.2, 0.25) is 0 Å². The molecule has 0 aliphatic carbocycles. The molecule has 18 heavy (non-hydrogen) atoms. The Kier molecular flexibility index (Phi) is 4.66. The van der Waals surface area contributed by atoms with Crippen molar-refractivity contribution in [3.63, 3.8) is 0 Å². The molecule has 0 aromatic heterocycles. The van der Waals surface area contributed by atoms with Gasteiger partial charge in [-0.1, -0.05) is 30.3 Å². The summed E-state index contributed by atoms with van der Waals surface area (Å²) in [5, 5.41) is 9.76. The van der Waals surface area contributed by atoms with Crippen molar-refractivity contribution in [3.8, 4) is 0 Å². The van der Waals surface area contributed by atoms with Gasteiger partial charge < -0.3 is 19.3 Å². The Morgan fingerprint density at radius 3 is 2.78 bits per heavy atom. The number of aliphatic hydroxyl groups is 1. The molecule has 1 aliphatic rings. The minimum Gasteiger partial charge on any atom is -0.387 e. The molecule has 1 aromatic rings. The molecule has 0 radical (unpaired) electrons. The fourth-order valence-corrected chi connectivity index (χ4v) is 1.87. The van der Waals surface area contributed by atoms with Crippen LogP contribution in [-0.4, -0.2) is 43.5 Å². The summed E-state index contributed by atoms with van der Waals surface area (Å²) in [6.07, 6.45) is -4.51. The van der Waals surface area contributed by atoms with Crippen LogP contribution in [0.25, 0.3) is 0 Å². The van der Waals surface area contributed by atoms with E-state index in [1.807, 2.05) is 30.3 Å². The van der Waals surface area contributed by atoms with E-state index < -0.39 is 24.7 Å². The molecule has 5 heteroatoms. The van der Waals surface area contributed by atoms with Gasteiger partial charge in [0, 0.05) is 7.11 Å². The predicted molar refractivity (Wildman–Crippen MR) is 62.7 cm³/mol. The first-order valence-corrected chi connectivity index (χ1v) is 5.84. The van der Waals surface area contributed by atoms with E-state index >= 15 is 0 Å². The Balaban J connectivity index is 1.87. The van der Waals surface area contributed by atoms with Gasteiger partial charge in [-0.3, -0.25) is 0 Å². The first-order chi connectivity index (χ1) is 8.72. The topological polar surface area (TPSA) is 47.9 Å². The van der Waals surface area contributed by atoms with E-state index in [0.29, 0.717) is 6.61 Å². The maximum absolute atomic E-state index is 13.6. The van der Waals surface area contributed by atoms with Crippen LogP contribution >= 0.6 is 0 Å². The molecule has 2 rings (SSSR count). The van der Waals surface area contributed by atoms with E-state index in [2.05, 4.69) is 0 Å². The van der Waals surface area contributed by atoms with Crippen LogP contribution in [0.1, 0.15) is 5.56 Å². The van der Waals surface area contributed by atoms with Crippen molar-refractivity contribution in [1.82, 2.24) is 0 Å². The van der Waals surface area contributed by atoms with Gasteiger partial charge in [-0.05, 0) is 5.56 Å². The van der Waals surface area contributed by atoms with E-state index in [-0.39, 0.29) is 6.61 Å². The van der Waals surface area contributed by atoms with Gasteiger partial charge in [0.15, 0.2) is 12.5 Å². The Labute approximate surface area is 105 Å². The molecule has 0 unspecified atom stereocenters. The number of alkyl halides is 1. The van der Waals surface area contributed by atoms with Gasteiger partial charge in [-0.25, -0.2) is 4.39 Å². The Hall–Kier alpha value is -1.01. The normalized spacial score (nSPS) is 32.4. The van der Waals surface area contributed by atoms with Gasteiger partial charge in [0.2, 0.25) is 0 Å². The number of ether oxygens (including phenoxy) is 3. The van der Waals surface area contributed by atoms with Crippen molar-refractivity contribution in [2.45, 2.75) is 31.3 Å². The van der Waals surface area contributed by atoms with Gasteiger partial charge in [0.25, 0.3) is 0 Å². The lowest BCUT2D eigenvalue weighted by atomic mass is 10.1. The summed E-state index contributed by atoms with van der Waals surface area (Å²) in [7, 11) is 1.34. The second-order valence-corrected chi connectivity index (χ2v) is 4.21. The zero-order valence-corrected chi connectivity index (χ0v) is 10.2. The summed E-state index contributed by atoms with van der Waals surface area (Å²) in [5.41, 5.74) is 0.967. The van der Waals surface area contributed by atoms with E-state index in [0.717, 1.165) is 5.56 Å². The number of hydrogen-bond donors (Lipinski definition) is 1. The zero-order chi connectivity index (χ0) is 13.0. The third kappa shape index (κ3) is 3.05. The quantitative estimate of drug-likeness (QED) is 0.881. The molecule has 0 saturated carbocycles. The molecule has 1 aromatic carbocycles. The van der Waals surface area contributed by atoms with Crippen LogP contribution < -0.4 is 0 Å². The van der Waals surface area contributed by atoms with Gasteiger partial charge >= 0.3 is 0 Å². The van der Waals surface area contributed by atoms with Gasteiger partial charge in [0.05, 0.1) is 13.2 Å². The first-order valence-electron chi connectivity index (χ1n) is 5.84. The van der Waals surface area contributed by atoms with Crippen LogP contribution in [-0.2, 0) is 20.8 Å². The van der Waals surface area contributed by atoms with Gasteiger partial charge in [-0.15, -0.1) is 0 Å². The number of benzene rings is 1. The lowest BCUT2D eigenvalue weighted by Crippen LogP contribution is -2.52. The predicted octanol–water partition coefficient (Wildman–Crippen LogP) is 1.27. The first kappa shape index (κ1) is 13.4. The molecule has 1 heterocycles. The molecule has 4 atom stereocenters. The number of methoxy groups -OCH3 is 1. The van der Waals surface area contributed by atoms with Gasteiger partial charge in [0.1, 0.15) is 12.2 Å². The molecule has 1 aliphatic heterocycles. The Morgan fingerprint density at radius 2 is 2.11 bits per heavy atom. The number of rotatable bonds is 4. The highest BCUT2D eigenvalue weighted by molar-refractivity contribution is 5.13. The van der Waals surface area contributed by atoms with Crippen molar-refractivity contribution in [1.29, 1.82) is 0 Å². The fraction of sp³-hybridized carbons (Fsp3) is 0.538. The molecule has 1 N–H and O–H groups in total. The maximum atomic E-state index is 13.6. The van der Waals surface area contributed by atoms with Crippen molar-refractivity contribution >= 4 is 0 Å². The maximum Gasteiger partial charge on any atom is 0.191 e. The summed E-state index contributed by atoms with van der Waals surface area (Å²) in [6.45, 7) is 0.434. The Bertz CT molecular complexity index is 359. The van der Waals surface area contributed by atoms with Crippen molar-refractivity contribution in [2.75, 3.05) is 13.7 Å². The van der Waals surface area contributed by atoms with Crippen molar-refractivity contribution in [3.05, 3.63) is 35.9 Å². The highest BCUT2D eigenvalue weighted by Gasteiger charge is 2.40. The van der Waals surface area contributed by atoms with E-state index in [4.69, 9.17) is 14.2 Å². The average Bonchev–Trinajstić information content (AvgIpc) is 2.42. The second-order valence-electron chi connectivity index (χ2n) is 4.21. The Morgan fingerprint density at radius 1 is 1.39 bits per heavy atom. The standard InChI is InChI=1S/C13H17FO4/c1-16-13-11(14)12(15)10(8-18-13)17-7-9-5-3-2-4-6-9/h2-6,10-13,15H,7-8H2,1H3/t10-,11-,12+,13-/m1/s1. The largest absolute Gasteiger partial charge is 0.387 e. The van der Waals surface area contributed by atoms with E-state index in [9.17, 15) is 9.50 Å². The number of hydrogen-bond acceptors (Lipinski definition) is 4. The molecule has 0 bridgehead atoms. The lowest BCUT2D eigenvalue weighted by Gasteiger charge is -2.35. The number of halogens is 1. The molecule has 1 saturated heterocycles. The summed E-state index contributed by atoms with van der Waals surface area (Å²) in [4.78, 5) is 0. The highest BCUT2D eigenvalue weighted by Crippen LogP contribution is 2.21. The fourth-order valence-electron chi connectivity index (χ4n) is 1.87. The SMILES string of the molecule is CO[C@@H]1OC[C@@H](OCc2ccccc2)[C@H](O)[C@H]1F. The van der Waals surface area contributed by atoms with Crippen molar-refractivity contribution in [2.24, 2.45) is 0 Å². The molecule has 1 fully saturated rings. The molecule has 0 spiro atoms. The third-order valence-corrected chi connectivity index (χ3v) is 2.93. The van der Waals surface area contributed by atoms with Crippen LogP contribution in [0.5, 0.6) is 0 Å². The minimum absolute atomic E-state index is 0.118. The second kappa shape index (κ2) is 6.24. The van der Waals surface area contributed by atoms with Crippen LogP contribution in [0.15, 0.2) is 30.3 Å². The van der Waals surface area contributed by atoms with Crippen LogP contribution in [0, 0.1) is 0 Å². The lowest BCUT2D eigenvalue weighted by molar-refractivity contribution is -0.253. The zero-order valence-electron chi connectivity index (χ0n) is 10.2. The van der Waals surface area contributed by atoms with E-state index in [1.165, 1.54) is 7.11 Å². The monoisotopic (exact) mass is 256 g/mol. The highest BCUT2D eigenvalue weighted by atomic mass is 19.1.